The fraction of sp³-hybridized carbons (Fsp3) is 0.786. The van der Waals surface area contributed by atoms with Gasteiger partial charge in [-0.3, -0.25) is 0 Å². The van der Waals surface area contributed by atoms with Crippen LogP contribution in [0.4, 0.5) is 22.0 Å². The van der Waals surface area contributed by atoms with Crippen molar-refractivity contribution in [2.45, 2.75) is 103 Å². The maximum Gasteiger partial charge on any atom is 0.400 e. The molecule has 2 N–H and O–H groups in total. The molecule has 0 spiro atoms. The third-order valence-electron chi connectivity index (χ3n) is 9.21. The number of rotatable bonds is 8. The molecule has 36 heavy (non-hydrogen) atoms. The highest BCUT2D eigenvalue weighted by Gasteiger charge is 2.56. The third-order valence-corrected chi connectivity index (χ3v) is 9.21. The van der Waals surface area contributed by atoms with E-state index in [2.05, 4.69) is 24.3 Å². The highest BCUT2D eigenvalue weighted by atomic mass is 19.4. The Kier molecular flexibility index (Phi) is 9.15. The van der Waals surface area contributed by atoms with Crippen LogP contribution in [0.3, 0.4) is 0 Å². The van der Waals surface area contributed by atoms with E-state index in [0.717, 1.165) is 37.7 Å². The second-order valence-corrected chi connectivity index (χ2v) is 11.4. The van der Waals surface area contributed by atoms with Crippen molar-refractivity contribution in [1.29, 1.82) is 0 Å². The van der Waals surface area contributed by atoms with Crippen molar-refractivity contribution in [3.8, 4) is 0 Å². The van der Waals surface area contributed by atoms with Crippen LogP contribution in [-0.2, 0) is 4.74 Å². The van der Waals surface area contributed by atoms with Gasteiger partial charge in [0.15, 0.2) is 0 Å². The molecular formula is C28H41F5O3. The molecule has 0 bridgehead atoms. The molecular weight excluding hydrogens is 479 g/mol. The van der Waals surface area contributed by atoms with Gasteiger partial charge in [0, 0.05) is 13.5 Å². The summed E-state index contributed by atoms with van der Waals surface area (Å²) < 4.78 is 71.0. The summed E-state index contributed by atoms with van der Waals surface area (Å²) in [5.41, 5.74) is 2.89. The van der Waals surface area contributed by atoms with Crippen LogP contribution in [0.2, 0.25) is 0 Å². The summed E-state index contributed by atoms with van der Waals surface area (Å²) in [7, 11) is 0.611. The number of allylic oxidation sites excluding steroid dienone is 3. The molecule has 2 unspecified atom stereocenters. The Morgan fingerprint density at radius 3 is 2.47 bits per heavy atom. The molecule has 3 rings (SSSR count). The predicted octanol–water partition coefficient (Wildman–Crippen LogP) is 7.35. The van der Waals surface area contributed by atoms with Crippen LogP contribution in [0.15, 0.2) is 35.5 Å². The van der Waals surface area contributed by atoms with Gasteiger partial charge in [-0.1, -0.05) is 51.0 Å². The quantitative estimate of drug-likeness (QED) is 0.329. The zero-order chi connectivity index (χ0) is 26.9. The van der Waals surface area contributed by atoms with Crippen molar-refractivity contribution in [3.63, 3.8) is 0 Å². The molecule has 0 amide bonds. The molecule has 206 valence electrons. The van der Waals surface area contributed by atoms with E-state index in [1.807, 2.05) is 13.0 Å². The number of alkyl halides is 5. The predicted molar refractivity (Wildman–Crippen MR) is 129 cm³/mol. The van der Waals surface area contributed by atoms with E-state index in [0.29, 0.717) is 43.8 Å². The van der Waals surface area contributed by atoms with E-state index in [9.17, 15) is 32.2 Å². The molecule has 3 saturated carbocycles. The van der Waals surface area contributed by atoms with E-state index < -0.39 is 36.8 Å². The van der Waals surface area contributed by atoms with Crippen molar-refractivity contribution in [2.24, 2.45) is 29.1 Å². The normalized spacial score (nSPS) is 35.8. The van der Waals surface area contributed by atoms with Crippen molar-refractivity contribution in [2.75, 3.05) is 7.11 Å². The van der Waals surface area contributed by atoms with Crippen LogP contribution < -0.4 is 0 Å². The molecule has 3 nitrogen and oxygen atoms in total. The number of aliphatic hydroxyl groups excluding tert-OH is 2. The number of fused-ring (bicyclic) bond motifs is 1. The van der Waals surface area contributed by atoms with Crippen LogP contribution in [-0.4, -0.2) is 41.8 Å². The van der Waals surface area contributed by atoms with Crippen LogP contribution in [0.1, 0.15) is 78.1 Å². The molecule has 0 aromatic heterocycles. The molecule has 3 aliphatic carbocycles. The fourth-order valence-corrected chi connectivity index (χ4v) is 7.19. The van der Waals surface area contributed by atoms with Gasteiger partial charge in [-0.2, -0.15) is 22.0 Å². The standard InChI is InChI=1S/C28H41F5O3/c1-17(7-5-9-25(27(29,30)31)28(32,33)36-4)22-12-13-23-19(8-6-14-26(22,23)3)10-11-20-15-21(34)16-24(35)18(20)2/h10-11,17,21-25,34-35H,2,5-9,12-16H2,1,3-4H3/b19-10?,20-11-/t17-,21-,22-,23?,24-,25?,26-/m1/s1. The highest BCUT2D eigenvalue weighted by Crippen LogP contribution is 2.60. The molecule has 8 heteroatoms. The van der Waals surface area contributed by atoms with Crippen molar-refractivity contribution in [3.05, 3.63) is 35.5 Å². The van der Waals surface area contributed by atoms with Gasteiger partial charge in [-0.15, -0.1) is 0 Å². The average molecular weight is 521 g/mol. The summed E-state index contributed by atoms with van der Waals surface area (Å²) in [6.45, 7) is 8.30. The molecule has 3 fully saturated rings. The van der Waals surface area contributed by atoms with Gasteiger partial charge in [0.05, 0.1) is 12.2 Å². The summed E-state index contributed by atoms with van der Waals surface area (Å²) in [5.74, 6) is -1.98. The van der Waals surface area contributed by atoms with Gasteiger partial charge in [-0.05, 0) is 79.3 Å². The number of aliphatic hydroxyl groups is 2. The zero-order valence-corrected chi connectivity index (χ0v) is 21.6. The first kappa shape index (κ1) is 29.3. The Morgan fingerprint density at radius 1 is 1.14 bits per heavy atom. The van der Waals surface area contributed by atoms with Gasteiger partial charge < -0.3 is 14.9 Å². The fourth-order valence-electron chi connectivity index (χ4n) is 7.19. The molecule has 0 aromatic rings. The first-order chi connectivity index (χ1) is 16.7. The molecule has 3 aliphatic rings. The van der Waals surface area contributed by atoms with Crippen molar-refractivity contribution in [1.82, 2.24) is 0 Å². The Morgan fingerprint density at radius 2 is 1.83 bits per heavy atom. The van der Waals surface area contributed by atoms with E-state index in [-0.39, 0.29) is 17.8 Å². The van der Waals surface area contributed by atoms with Crippen LogP contribution in [0.25, 0.3) is 0 Å². The summed E-state index contributed by atoms with van der Waals surface area (Å²) in [5, 5.41) is 20.1. The SMILES string of the molecule is C=C1/C(=C\C=C2CCC[C@@]3(C)C2CC[C@@H]3[C@H](C)CCCC(C(F)(F)F)C(F)(F)OC)C[C@@H](O)C[C@H]1O. The van der Waals surface area contributed by atoms with Crippen molar-refractivity contribution >= 4 is 0 Å². The van der Waals surface area contributed by atoms with E-state index >= 15 is 0 Å². The molecule has 7 atom stereocenters. The molecule has 0 aliphatic heterocycles. The smallest absolute Gasteiger partial charge is 0.393 e. The summed E-state index contributed by atoms with van der Waals surface area (Å²) in [6.07, 6.45) is -0.758. The van der Waals surface area contributed by atoms with Crippen molar-refractivity contribution < 1.29 is 36.9 Å². The van der Waals surface area contributed by atoms with E-state index in [1.54, 1.807) is 0 Å². The lowest BCUT2D eigenvalue weighted by Crippen LogP contribution is -2.41. The first-order valence-electron chi connectivity index (χ1n) is 13.1. The van der Waals surface area contributed by atoms with Crippen LogP contribution in [0.5, 0.6) is 0 Å². The van der Waals surface area contributed by atoms with Crippen LogP contribution in [0, 0.1) is 29.1 Å². The second kappa shape index (κ2) is 11.2. The molecule has 0 heterocycles. The van der Waals surface area contributed by atoms with Gasteiger partial charge >= 0.3 is 12.3 Å². The largest absolute Gasteiger partial charge is 0.400 e. The maximum atomic E-state index is 13.8. The minimum absolute atomic E-state index is 0.0184. The minimum atomic E-state index is -5.01. The van der Waals surface area contributed by atoms with E-state index in [1.165, 1.54) is 5.57 Å². The van der Waals surface area contributed by atoms with Gasteiger partial charge in [-0.25, -0.2) is 0 Å². The summed E-state index contributed by atoms with van der Waals surface area (Å²) >= 11 is 0. The molecule has 0 saturated heterocycles. The number of halogens is 5. The first-order valence-corrected chi connectivity index (χ1v) is 13.1. The number of hydrogen-bond donors (Lipinski definition) is 2. The number of methoxy groups -OCH3 is 1. The monoisotopic (exact) mass is 520 g/mol. The topological polar surface area (TPSA) is 49.7 Å². The van der Waals surface area contributed by atoms with Crippen LogP contribution >= 0.6 is 0 Å². The second-order valence-electron chi connectivity index (χ2n) is 11.4. The van der Waals surface area contributed by atoms with E-state index in [4.69, 9.17) is 0 Å². The minimum Gasteiger partial charge on any atom is -0.393 e. The Balaban J connectivity index is 1.67. The maximum absolute atomic E-state index is 13.8. The molecule has 0 aromatic carbocycles. The lowest BCUT2D eigenvalue weighted by Gasteiger charge is -2.44. The van der Waals surface area contributed by atoms with Gasteiger partial charge in [0.25, 0.3) is 0 Å². The number of hydrogen-bond acceptors (Lipinski definition) is 3. The average Bonchev–Trinajstić information content (AvgIpc) is 3.14. The lowest BCUT2D eigenvalue weighted by molar-refractivity contribution is -0.328. The third kappa shape index (κ3) is 6.24. The van der Waals surface area contributed by atoms with Gasteiger partial charge in [0.2, 0.25) is 0 Å². The summed E-state index contributed by atoms with van der Waals surface area (Å²) in [6, 6.07) is 0. The highest BCUT2D eigenvalue weighted by molar-refractivity contribution is 5.38. The molecule has 0 radical (unpaired) electrons. The summed E-state index contributed by atoms with van der Waals surface area (Å²) in [4.78, 5) is 0. The number of ether oxygens (including phenoxy) is 1. The Bertz CT molecular complexity index is 849. The Hall–Kier alpha value is -1.25. The zero-order valence-electron chi connectivity index (χ0n) is 21.6. The van der Waals surface area contributed by atoms with Gasteiger partial charge in [0.1, 0.15) is 5.92 Å². The Labute approximate surface area is 211 Å². The lowest BCUT2D eigenvalue weighted by atomic mass is 9.60.